The van der Waals surface area contributed by atoms with Gasteiger partial charge in [0.2, 0.25) is 5.91 Å². The number of hydrogen-bond acceptors (Lipinski definition) is 3. The van der Waals surface area contributed by atoms with Gasteiger partial charge in [-0.05, 0) is 29.8 Å². The van der Waals surface area contributed by atoms with E-state index in [9.17, 15) is 4.79 Å². The summed E-state index contributed by atoms with van der Waals surface area (Å²) in [6, 6.07) is 18.0. The van der Waals surface area contributed by atoms with Crippen molar-refractivity contribution in [3.8, 4) is 0 Å². The van der Waals surface area contributed by atoms with Crippen LogP contribution in [0.1, 0.15) is 11.1 Å². The van der Waals surface area contributed by atoms with Crippen molar-refractivity contribution < 1.29 is 4.79 Å². The van der Waals surface area contributed by atoms with Gasteiger partial charge in [0.15, 0.2) is 0 Å². The molecule has 2 aromatic carbocycles. The first-order valence-electron chi connectivity index (χ1n) is 8.19. The molecule has 0 aliphatic heterocycles. The second-order valence-electron chi connectivity index (χ2n) is 6.03. The molecule has 0 radical (unpaired) electrons. The summed E-state index contributed by atoms with van der Waals surface area (Å²) in [4.78, 5) is 18.5. The van der Waals surface area contributed by atoms with Gasteiger partial charge < -0.3 is 10.2 Å². The number of aromatic nitrogens is 1. The number of carbonyl (C=O) groups excluding carboxylic acids is 1. The van der Waals surface area contributed by atoms with E-state index in [1.54, 1.807) is 18.3 Å². The van der Waals surface area contributed by atoms with E-state index in [2.05, 4.69) is 10.3 Å². The van der Waals surface area contributed by atoms with E-state index in [0.717, 1.165) is 27.7 Å². The van der Waals surface area contributed by atoms with Crippen molar-refractivity contribution >= 4 is 28.6 Å². The fourth-order valence-electron chi connectivity index (χ4n) is 2.59. The molecule has 1 heterocycles. The van der Waals surface area contributed by atoms with Crippen molar-refractivity contribution in [2.24, 2.45) is 0 Å². The molecule has 0 fully saturated rings. The molecular formula is C21H21N3O. The van der Waals surface area contributed by atoms with E-state index in [1.165, 1.54) is 0 Å². The number of hydrogen-bond donors (Lipinski definition) is 1. The predicted molar refractivity (Wildman–Crippen MR) is 103 cm³/mol. The Balaban J connectivity index is 1.63. The number of nitrogens with zero attached hydrogens (tertiary/aromatic N) is 2. The van der Waals surface area contributed by atoms with Gasteiger partial charge in [-0.1, -0.05) is 36.4 Å². The molecule has 3 aromatic rings. The van der Waals surface area contributed by atoms with Gasteiger partial charge in [-0.2, -0.15) is 0 Å². The number of rotatable bonds is 5. The Morgan fingerprint density at radius 1 is 1.08 bits per heavy atom. The van der Waals surface area contributed by atoms with Crippen LogP contribution < -0.4 is 10.2 Å². The Hall–Kier alpha value is -3.14. The lowest BCUT2D eigenvalue weighted by Gasteiger charge is -2.12. The van der Waals surface area contributed by atoms with Gasteiger partial charge in [0, 0.05) is 49.6 Å². The third kappa shape index (κ3) is 4.23. The molecule has 0 saturated carbocycles. The molecule has 4 nitrogen and oxygen atoms in total. The van der Waals surface area contributed by atoms with Crippen LogP contribution in [-0.2, 0) is 11.3 Å². The molecule has 0 spiro atoms. The minimum absolute atomic E-state index is 0.121. The molecule has 1 amide bonds. The van der Waals surface area contributed by atoms with Crippen molar-refractivity contribution in [3.05, 3.63) is 78.0 Å². The van der Waals surface area contributed by atoms with E-state index in [4.69, 9.17) is 0 Å². The summed E-state index contributed by atoms with van der Waals surface area (Å²) < 4.78 is 0. The monoisotopic (exact) mass is 331 g/mol. The van der Waals surface area contributed by atoms with Crippen molar-refractivity contribution in [2.45, 2.75) is 6.54 Å². The molecule has 0 aliphatic carbocycles. The summed E-state index contributed by atoms with van der Waals surface area (Å²) in [7, 11) is 4.01. The quantitative estimate of drug-likeness (QED) is 0.726. The van der Waals surface area contributed by atoms with Crippen LogP contribution in [0.15, 0.2) is 66.9 Å². The average Bonchev–Trinajstić information content (AvgIpc) is 2.65. The van der Waals surface area contributed by atoms with Gasteiger partial charge in [0.25, 0.3) is 0 Å². The summed E-state index contributed by atoms with van der Waals surface area (Å²) in [6.45, 7) is 0.505. The van der Waals surface area contributed by atoms with Gasteiger partial charge >= 0.3 is 0 Å². The molecule has 25 heavy (non-hydrogen) atoms. The molecule has 1 aromatic heterocycles. The number of benzene rings is 2. The van der Waals surface area contributed by atoms with Gasteiger partial charge in [-0.3, -0.25) is 9.78 Å². The van der Waals surface area contributed by atoms with E-state index in [0.29, 0.717) is 6.54 Å². The fraction of sp³-hybridized carbons (Fsp3) is 0.143. The van der Waals surface area contributed by atoms with Crippen molar-refractivity contribution in [1.29, 1.82) is 0 Å². The first-order chi connectivity index (χ1) is 12.1. The molecule has 0 saturated heterocycles. The van der Waals surface area contributed by atoms with E-state index in [1.807, 2.05) is 73.6 Å². The highest BCUT2D eigenvalue weighted by Gasteiger charge is 2.01. The van der Waals surface area contributed by atoms with Crippen LogP contribution in [0, 0.1) is 0 Å². The third-order valence-electron chi connectivity index (χ3n) is 4.00. The minimum atomic E-state index is -0.121. The lowest BCUT2D eigenvalue weighted by molar-refractivity contribution is -0.116. The maximum atomic E-state index is 12.1. The lowest BCUT2D eigenvalue weighted by atomic mass is 10.1. The zero-order chi connectivity index (χ0) is 17.6. The molecule has 3 rings (SSSR count). The minimum Gasteiger partial charge on any atom is -0.378 e. The maximum Gasteiger partial charge on any atom is 0.244 e. The van der Waals surface area contributed by atoms with Crippen LogP contribution >= 0.6 is 0 Å². The average molecular weight is 331 g/mol. The normalized spacial score (nSPS) is 11.0. The number of pyridine rings is 1. The van der Waals surface area contributed by atoms with Crippen LogP contribution in [-0.4, -0.2) is 25.0 Å². The van der Waals surface area contributed by atoms with Crippen molar-refractivity contribution in [2.75, 3.05) is 19.0 Å². The fourth-order valence-corrected chi connectivity index (χ4v) is 2.59. The number of amides is 1. The molecule has 0 bridgehead atoms. The molecule has 0 atom stereocenters. The summed E-state index contributed by atoms with van der Waals surface area (Å²) in [6.07, 6.45) is 5.12. The Morgan fingerprint density at radius 3 is 2.60 bits per heavy atom. The largest absolute Gasteiger partial charge is 0.378 e. The van der Waals surface area contributed by atoms with Crippen LogP contribution in [0.4, 0.5) is 5.69 Å². The molecule has 126 valence electrons. The van der Waals surface area contributed by atoms with Crippen LogP contribution in [0.3, 0.4) is 0 Å². The first kappa shape index (κ1) is 16.7. The summed E-state index contributed by atoms with van der Waals surface area (Å²) in [5.74, 6) is -0.121. The highest BCUT2D eigenvalue weighted by molar-refractivity contribution is 5.95. The summed E-state index contributed by atoms with van der Waals surface area (Å²) >= 11 is 0. The van der Waals surface area contributed by atoms with Gasteiger partial charge in [-0.25, -0.2) is 0 Å². The number of anilines is 1. The highest BCUT2D eigenvalue weighted by atomic mass is 16.1. The van der Waals surface area contributed by atoms with Gasteiger partial charge in [0.05, 0.1) is 5.52 Å². The maximum absolute atomic E-state index is 12.1. The lowest BCUT2D eigenvalue weighted by Crippen LogP contribution is -2.20. The third-order valence-corrected chi connectivity index (χ3v) is 4.00. The first-order valence-corrected chi connectivity index (χ1v) is 8.19. The topological polar surface area (TPSA) is 45.2 Å². The summed E-state index contributed by atoms with van der Waals surface area (Å²) in [5.41, 5.74) is 4.04. The van der Waals surface area contributed by atoms with E-state index in [-0.39, 0.29) is 5.91 Å². The smallest absolute Gasteiger partial charge is 0.244 e. The summed E-state index contributed by atoms with van der Waals surface area (Å²) in [5, 5.41) is 3.97. The number of para-hydroxylation sites is 1. The van der Waals surface area contributed by atoms with E-state index >= 15 is 0 Å². The zero-order valence-electron chi connectivity index (χ0n) is 14.4. The van der Waals surface area contributed by atoms with Crippen LogP contribution in [0.5, 0.6) is 0 Å². The molecule has 1 N–H and O–H groups in total. The predicted octanol–water partition coefficient (Wildman–Crippen LogP) is 3.63. The second kappa shape index (κ2) is 7.62. The van der Waals surface area contributed by atoms with Crippen molar-refractivity contribution in [1.82, 2.24) is 10.3 Å². The highest BCUT2D eigenvalue weighted by Crippen LogP contribution is 2.17. The van der Waals surface area contributed by atoms with Crippen LogP contribution in [0.2, 0.25) is 0 Å². The second-order valence-corrected chi connectivity index (χ2v) is 6.03. The standard InChI is InChI=1S/C21H21N3O/c1-24(2)19-11-8-16(9-12-19)15-23-20(25)13-10-18-6-3-5-17-7-4-14-22-21(17)18/h3-14H,15H2,1-2H3,(H,23,25)/b13-10+. The number of nitrogens with one attached hydrogen (secondary N) is 1. The molecule has 0 unspecified atom stereocenters. The Labute approximate surface area is 147 Å². The Bertz CT molecular complexity index is 893. The van der Waals surface area contributed by atoms with Gasteiger partial charge in [0.1, 0.15) is 0 Å². The zero-order valence-corrected chi connectivity index (χ0v) is 14.4. The number of fused-ring (bicyclic) bond motifs is 1. The SMILES string of the molecule is CN(C)c1ccc(CNC(=O)/C=C/c2cccc3cccnc23)cc1. The molecule has 0 aliphatic rings. The van der Waals surface area contributed by atoms with Crippen LogP contribution in [0.25, 0.3) is 17.0 Å². The van der Waals surface area contributed by atoms with Gasteiger partial charge in [-0.15, -0.1) is 0 Å². The Kier molecular flexibility index (Phi) is 5.09. The van der Waals surface area contributed by atoms with Crippen molar-refractivity contribution in [3.63, 3.8) is 0 Å². The molecule has 4 heteroatoms. The number of carbonyl (C=O) groups is 1. The molecular weight excluding hydrogens is 310 g/mol. The van der Waals surface area contributed by atoms with E-state index < -0.39 is 0 Å². The Morgan fingerprint density at radius 2 is 1.84 bits per heavy atom.